The Morgan fingerprint density at radius 1 is 1.35 bits per heavy atom. The molecule has 0 aliphatic carbocycles. The lowest BCUT2D eigenvalue weighted by Crippen LogP contribution is -2.46. The van der Waals surface area contributed by atoms with E-state index in [1.54, 1.807) is 0 Å². The van der Waals surface area contributed by atoms with E-state index in [0.717, 1.165) is 19.5 Å². The quantitative estimate of drug-likeness (QED) is 0.901. The Balaban J connectivity index is 2.13. The van der Waals surface area contributed by atoms with E-state index in [0.29, 0.717) is 11.5 Å². The number of hydrogen-bond donors (Lipinski definition) is 1. The van der Waals surface area contributed by atoms with Crippen LogP contribution in [0.2, 0.25) is 0 Å². The molecular formula is C16H30N4. The molecule has 2 atom stereocenters. The highest BCUT2D eigenvalue weighted by molar-refractivity contribution is 5.14. The molecule has 0 amide bonds. The zero-order valence-electron chi connectivity index (χ0n) is 13.5. The summed E-state index contributed by atoms with van der Waals surface area (Å²) in [7, 11) is 1.97. The second-order valence-corrected chi connectivity index (χ2v) is 6.66. The van der Waals surface area contributed by atoms with Gasteiger partial charge in [0.1, 0.15) is 0 Å². The standard InChI is InChI=1S/C16H30N4/c1-5-14(17)15(13-11-18-19(4)12-13)20-9-7-16(3,6-2)8-10-20/h11-12,14-15H,5-10,17H2,1-4H3. The maximum atomic E-state index is 6.41. The Morgan fingerprint density at radius 3 is 2.45 bits per heavy atom. The van der Waals surface area contributed by atoms with Crippen LogP contribution in [0.25, 0.3) is 0 Å². The average molecular weight is 278 g/mol. The van der Waals surface area contributed by atoms with Gasteiger partial charge in [-0.3, -0.25) is 9.58 Å². The molecule has 0 radical (unpaired) electrons. The van der Waals surface area contributed by atoms with Crippen molar-refractivity contribution in [3.8, 4) is 0 Å². The van der Waals surface area contributed by atoms with Crippen molar-refractivity contribution >= 4 is 0 Å². The number of aryl methyl sites for hydroxylation is 1. The Hall–Kier alpha value is -0.870. The number of rotatable bonds is 5. The minimum absolute atomic E-state index is 0.185. The molecule has 4 nitrogen and oxygen atoms in total. The van der Waals surface area contributed by atoms with Crippen molar-refractivity contribution in [3.05, 3.63) is 18.0 Å². The molecule has 0 bridgehead atoms. The van der Waals surface area contributed by atoms with Crippen molar-refractivity contribution in [2.24, 2.45) is 18.2 Å². The normalized spacial score (nSPS) is 22.6. The first-order valence-corrected chi connectivity index (χ1v) is 7.97. The highest BCUT2D eigenvalue weighted by atomic mass is 15.3. The molecule has 114 valence electrons. The third-order valence-electron chi connectivity index (χ3n) is 5.20. The van der Waals surface area contributed by atoms with Gasteiger partial charge in [0.25, 0.3) is 0 Å². The molecule has 20 heavy (non-hydrogen) atoms. The SMILES string of the molecule is CCC(N)C(c1cnn(C)c1)N1CCC(C)(CC)CC1. The van der Waals surface area contributed by atoms with Gasteiger partial charge in [-0.1, -0.05) is 27.2 Å². The molecule has 1 aromatic rings. The van der Waals surface area contributed by atoms with E-state index >= 15 is 0 Å². The van der Waals surface area contributed by atoms with Crippen LogP contribution in [0.1, 0.15) is 58.1 Å². The Morgan fingerprint density at radius 2 is 2.00 bits per heavy atom. The number of piperidine rings is 1. The zero-order chi connectivity index (χ0) is 14.8. The van der Waals surface area contributed by atoms with Crippen molar-refractivity contribution in [2.45, 2.75) is 58.5 Å². The lowest BCUT2D eigenvalue weighted by molar-refractivity contribution is 0.0693. The molecule has 1 fully saturated rings. The van der Waals surface area contributed by atoms with E-state index in [-0.39, 0.29) is 6.04 Å². The summed E-state index contributed by atoms with van der Waals surface area (Å²) in [5.74, 6) is 0. The van der Waals surface area contributed by atoms with Crippen LogP contribution in [-0.2, 0) is 7.05 Å². The van der Waals surface area contributed by atoms with Crippen molar-refractivity contribution in [1.82, 2.24) is 14.7 Å². The van der Waals surface area contributed by atoms with Crippen molar-refractivity contribution in [3.63, 3.8) is 0 Å². The maximum Gasteiger partial charge on any atom is 0.0538 e. The molecule has 0 aromatic carbocycles. The van der Waals surface area contributed by atoms with Crippen LogP contribution < -0.4 is 5.73 Å². The van der Waals surface area contributed by atoms with Crippen LogP contribution >= 0.6 is 0 Å². The van der Waals surface area contributed by atoms with Gasteiger partial charge >= 0.3 is 0 Å². The number of nitrogens with two attached hydrogens (primary N) is 1. The van der Waals surface area contributed by atoms with Crippen molar-refractivity contribution in [1.29, 1.82) is 0 Å². The first kappa shape index (κ1) is 15.5. The molecular weight excluding hydrogens is 248 g/mol. The third-order valence-corrected chi connectivity index (χ3v) is 5.20. The van der Waals surface area contributed by atoms with Crippen molar-refractivity contribution < 1.29 is 0 Å². The Kier molecular flexibility index (Phi) is 4.86. The molecule has 1 aliphatic rings. The minimum Gasteiger partial charge on any atom is -0.326 e. The first-order chi connectivity index (χ1) is 9.49. The molecule has 1 aliphatic heterocycles. The molecule has 0 spiro atoms. The van der Waals surface area contributed by atoms with Crippen LogP contribution in [0.3, 0.4) is 0 Å². The first-order valence-electron chi connectivity index (χ1n) is 7.97. The molecule has 1 aromatic heterocycles. The molecule has 2 N–H and O–H groups in total. The number of likely N-dealkylation sites (tertiary alicyclic amines) is 1. The molecule has 2 rings (SSSR count). The van der Waals surface area contributed by atoms with Gasteiger partial charge in [0.2, 0.25) is 0 Å². The van der Waals surface area contributed by atoms with Crippen LogP contribution in [0.5, 0.6) is 0 Å². The van der Waals surface area contributed by atoms with Gasteiger partial charge in [-0.15, -0.1) is 0 Å². The molecule has 2 heterocycles. The monoisotopic (exact) mass is 278 g/mol. The average Bonchev–Trinajstić information content (AvgIpc) is 2.87. The summed E-state index contributed by atoms with van der Waals surface area (Å²) in [5, 5.41) is 4.33. The molecule has 0 saturated carbocycles. The highest BCUT2D eigenvalue weighted by Gasteiger charge is 2.34. The van der Waals surface area contributed by atoms with Gasteiger partial charge in [0.05, 0.1) is 12.2 Å². The summed E-state index contributed by atoms with van der Waals surface area (Å²) in [6.07, 6.45) is 8.92. The summed E-state index contributed by atoms with van der Waals surface area (Å²) < 4.78 is 1.88. The number of aromatic nitrogens is 2. The van der Waals surface area contributed by atoms with E-state index < -0.39 is 0 Å². The van der Waals surface area contributed by atoms with E-state index in [2.05, 4.69) is 37.0 Å². The van der Waals surface area contributed by atoms with Crippen molar-refractivity contribution in [2.75, 3.05) is 13.1 Å². The maximum absolute atomic E-state index is 6.41. The zero-order valence-corrected chi connectivity index (χ0v) is 13.5. The fourth-order valence-corrected chi connectivity index (χ4v) is 3.24. The van der Waals surface area contributed by atoms with Gasteiger partial charge in [-0.05, 0) is 37.8 Å². The van der Waals surface area contributed by atoms with Gasteiger partial charge in [0, 0.05) is 24.8 Å². The second-order valence-electron chi connectivity index (χ2n) is 6.66. The van der Waals surface area contributed by atoms with Crippen LogP contribution in [0.4, 0.5) is 0 Å². The van der Waals surface area contributed by atoms with Gasteiger partial charge in [-0.2, -0.15) is 5.10 Å². The minimum atomic E-state index is 0.185. The lowest BCUT2D eigenvalue weighted by atomic mass is 9.77. The largest absolute Gasteiger partial charge is 0.326 e. The second kappa shape index (κ2) is 6.27. The molecule has 4 heteroatoms. The predicted octanol–water partition coefficient (Wildman–Crippen LogP) is 2.71. The van der Waals surface area contributed by atoms with E-state index in [4.69, 9.17) is 5.73 Å². The summed E-state index contributed by atoms with van der Waals surface area (Å²) in [4.78, 5) is 2.57. The van der Waals surface area contributed by atoms with Crippen LogP contribution in [0, 0.1) is 5.41 Å². The summed E-state index contributed by atoms with van der Waals surface area (Å²) in [6, 6.07) is 0.500. The van der Waals surface area contributed by atoms with Gasteiger partial charge < -0.3 is 5.73 Å². The van der Waals surface area contributed by atoms with Gasteiger partial charge in [0.15, 0.2) is 0 Å². The topological polar surface area (TPSA) is 47.1 Å². The molecule has 2 unspecified atom stereocenters. The Labute approximate surface area is 123 Å². The van der Waals surface area contributed by atoms with E-state index in [9.17, 15) is 0 Å². The summed E-state index contributed by atoms with van der Waals surface area (Å²) in [5.41, 5.74) is 8.20. The number of hydrogen-bond acceptors (Lipinski definition) is 3. The summed E-state index contributed by atoms with van der Waals surface area (Å²) >= 11 is 0. The van der Waals surface area contributed by atoms with Crippen LogP contribution in [0.15, 0.2) is 12.4 Å². The van der Waals surface area contributed by atoms with Gasteiger partial charge in [-0.25, -0.2) is 0 Å². The lowest BCUT2D eigenvalue weighted by Gasteiger charge is -2.43. The van der Waals surface area contributed by atoms with Crippen LogP contribution in [-0.4, -0.2) is 33.8 Å². The van der Waals surface area contributed by atoms with E-state index in [1.807, 2.05) is 17.9 Å². The fraction of sp³-hybridized carbons (Fsp3) is 0.812. The van der Waals surface area contributed by atoms with E-state index in [1.165, 1.54) is 24.8 Å². The highest BCUT2D eigenvalue weighted by Crippen LogP contribution is 2.37. The molecule has 1 saturated heterocycles. The fourth-order valence-electron chi connectivity index (χ4n) is 3.24. The summed E-state index contributed by atoms with van der Waals surface area (Å²) in [6.45, 7) is 9.21. The predicted molar refractivity (Wildman–Crippen MR) is 83.4 cm³/mol. The third kappa shape index (κ3) is 3.23. The number of nitrogens with zero attached hydrogens (tertiary/aromatic N) is 3. The smallest absolute Gasteiger partial charge is 0.0538 e. The Bertz CT molecular complexity index is 418.